The highest BCUT2D eigenvalue weighted by molar-refractivity contribution is 5.79. The molecule has 6 heteroatoms. The second-order valence-corrected chi connectivity index (χ2v) is 7.54. The number of nitrogens with one attached hydrogen (secondary N) is 2. The summed E-state index contributed by atoms with van der Waals surface area (Å²) in [5, 5.41) is 6.88. The Balaban J connectivity index is 1.57. The first-order chi connectivity index (χ1) is 13.7. The molecule has 0 spiro atoms. The summed E-state index contributed by atoms with van der Waals surface area (Å²) in [5.41, 5.74) is 1.32. The smallest absolute Gasteiger partial charge is 0.191 e. The average molecular weight is 391 g/mol. The zero-order chi connectivity index (χ0) is 20.0. The maximum atomic E-state index is 5.74. The number of benzene rings is 1. The molecule has 1 fully saturated rings. The lowest BCUT2D eigenvalue weighted by atomic mass is 10.0. The topological polar surface area (TPSA) is 58.1 Å². The van der Waals surface area contributed by atoms with E-state index in [0.717, 1.165) is 71.4 Å². The van der Waals surface area contributed by atoms with Crippen LogP contribution in [0.1, 0.15) is 25.8 Å². The minimum Gasteiger partial charge on any atom is -0.381 e. The highest BCUT2D eigenvalue weighted by atomic mass is 16.5. The van der Waals surface area contributed by atoms with Gasteiger partial charge in [0.2, 0.25) is 0 Å². The Morgan fingerprint density at radius 2 is 1.89 bits per heavy atom. The molecule has 158 valence electrons. The van der Waals surface area contributed by atoms with E-state index < -0.39 is 0 Å². The van der Waals surface area contributed by atoms with E-state index in [4.69, 9.17) is 9.47 Å². The van der Waals surface area contributed by atoms with Gasteiger partial charge in [0.25, 0.3) is 0 Å². The van der Waals surface area contributed by atoms with Crippen LogP contribution in [-0.4, -0.2) is 76.6 Å². The number of hydrogen-bond acceptors (Lipinski definition) is 4. The van der Waals surface area contributed by atoms with E-state index in [2.05, 4.69) is 58.6 Å². The highest BCUT2D eigenvalue weighted by Crippen LogP contribution is 2.12. The molecule has 28 heavy (non-hydrogen) atoms. The molecule has 0 radical (unpaired) electrons. The van der Waals surface area contributed by atoms with Gasteiger partial charge >= 0.3 is 0 Å². The van der Waals surface area contributed by atoms with Crippen LogP contribution in [-0.2, 0) is 15.9 Å². The zero-order valence-corrected chi connectivity index (χ0v) is 17.8. The zero-order valence-electron chi connectivity index (χ0n) is 17.8. The maximum Gasteiger partial charge on any atom is 0.191 e. The summed E-state index contributed by atoms with van der Waals surface area (Å²) in [5.74, 6) is 1.45. The monoisotopic (exact) mass is 390 g/mol. The minimum absolute atomic E-state index is 0.490. The van der Waals surface area contributed by atoms with Crippen LogP contribution >= 0.6 is 0 Å². The summed E-state index contributed by atoms with van der Waals surface area (Å²) < 4.78 is 11.2. The predicted molar refractivity (Wildman–Crippen MR) is 116 cm³/mol. The molecule has 1 unspecified atom stereocenters. The van der Waals surface area contributed by atoms with Gasteiger partial charge in [-0.05, 0) is 24.3 Å². The van der Waals surface area contributed by atoms with Crippen molar-refractivity contribution in [2.75, 3.05) is 59.7 Å². The average Bonchev–Trinajstić information content (AvgIpc) is 2.73. The van der Waals surface area contributed by atoms with Crippen LogP contribution in [0.3, 0.4) is 0 Å². The van der Waals surface area contributed by atoms with Crippen molar-refractivity contribution >= 4 is 5.96 Å². The summed E-state index contributed by atoms with van der Waals surface area (Å²) in [6, 6.07) is 11.0. The first-order valence-corrected chi connectivity index (χ1v) is 10.6. The van der Waals surface area contributed by atoms with Crippen molar-refractivity contribution in [3.8, 4) is 0 Å². The summed E-state index contributed by atoms with van der Waals surface area (Å²) >= 11 is 0. The molecule has 0 saturated carbocycles. The molecule has 1 saturated heterocycles. The van der Waals surface area contributed by atoms with Crippen LogP contribution in [0.2, 0.25) is 0 Å². The van der Waals surface area contributed by atoms with Gasteiger partial charge in [0.05, 0.1) is 19.8 Å². The fraction of sp³-hybridized carbons (Fsp3) is 0.682. The van der Waals surface area contributed by atoms with Crippen molar-refractivity contribution in [1.29, 1.82) is 0 Å². The summed E-state index contributed by atoms with van der Waals surface area (Å²) in [6.45, 7) is 11.5. The second kappa shape index (κ2) is 13.5. The van der Waals surface area contributed by atoms with Crippen molar-refractivity contribution < 1.29 is 9.47 Å². The quantitative estimate of drug-likeness (QED) is 0.344. The molecule has 1 atom stereocenters. The second-order valence-electron chi connectivity index (χ2n) is 7.54. The Labute approximate surface area is 170 Å². The molecule has 1 aliphatic heterocycles. The summed E-state index contributed by atoms with van der Waals surface area (Å²) in [4.78, 5) is 6.87. The first-order valence-electron chi connectivity index (χ1n) is 10.6. The SMILES string of the molecule is CN=C(NCCCOCCc1ccccc1)NCC(C(C)C)N1CCOCC1. The number of guanidine groups is 1. The van der Waals surface area contributed by atoms with Crippen LogP contribution in [0.25, 0.3) is 0 Å². The van der Waals surface area contributed by atoms with E-state index in [-0.39, 0.29) is 0 Å². The third-order valence-electron chi connectivity index (χ3n) is 5.12. The van der Waals surface area contributed by atoms with Crippen molar-refractivity contribution in [1.82, 2.24) is 15.5 Å². The van der Waals surface area contributed by atoms with Crippen LogP contribution < -0.4 is 10.6 Å². The Morgan fingerprint density at radius 1 is 1.14 bits per heavy atom. The van der Waals surface area contributed by atoms with Crippen LogP contribution in [0.4, 0.5) is 0 Å². The fourth-order valence-corrected chi connectivity index (χ4v) is 3.44. The van der Waals surface area contributed by atoms with Gasteiger partial charge in [0.1, 0.15) is 0 Å². The number of aliphatic imine (C=N–C) groups is 1. The fourth-order valence-electron chi connectivity index (χ4n) is 3.44. The van der Waals surface area contributed by atoms with Gasteiger partial charge in [0.15, 0.2) is 5.96 Å². The molecule has 0 aliphatic carbocycles. The third kappa shape index (κ3) is 8.59. The Hall–Kier alpha value is -1.63. The molecular formula is C22H38N4O2. The molecule has 0 amide bonds. The highest BCUT2D eigenvalue weighted by Gasteiger charge is 2.23. The molecule has 2 N–H and O–H groups in total. The molecule has 1 heterocycles. The molecule has 1 aliphatic rings. The lowest BCUT2D eigenvalue weighted by molar-refractivity contribution is 0.00752. The van der Waals surface area contributed by atoms with Gasteiger partial charge in [-0.1, -0.05) is 44.2 Å². The van der Waals surface area contributed by atoms with Crippen LogP contribution in [0.15, 0.2) is 35.3 Å². The first kappa shape index (κ1) is 22.7. The van der Waals surface area contributed by atoms with Crippen LogP contribution in [0, 0.1) is 5.92 Å². The summed E-state index contributed by atoms with van der Waals surface area (Å²) in [6.07, 6.45) is 1.93. The molecule has 0 bridgehead atoms. The van der Waals surface area contributed by atoms with E-state index in [0.29, 0.717) is 12.0 Å². The van der Waals surface area contributed by atoms with Gasteiger partial charge in [-0.15, -0.1) is 0 Å². The van der Waals surface area contributed by atoms with Gasteiger partial charge in [-0.25, -0.2) is 0 Å². The van der Waals surface area contributed by atoms with E-state index in [9.17, 15) is 0 Å². The predicted octanol–water partition coefficient (Wildman–Crippen LogP) is 2.16. The Bertz CT molecular complexity index is 545. The van der Waals surface area contributed by atoms with Crippen LogP contribution in [0.5, 0.6) is 0 Å². The van der Waals surface area contributed by atoms with Crippen molar-refractivity contribution in [2.24, 2.45) is 10.9 Å². The van der Waals surface area contributed by atoms with Crippen molar-refractivity contribution in [3.63, 3.8) is 0 Å². The molecule has 6 nitrogen and oxygen atoms in total. The molecule has 1 aromatic rings. The minimum atomic E-state index is 0.490. The van der Waals surface area contributed by atoms with Gasteiger partial charge in [-0.2, -0.15) is 0 Å². The molecule has 2 rings (SSSR count). The largest absolute Gasteiger partial charge is 0.381 e. The van der Waals surface area contributed by atoms with Gasteiger partial charge < -0.3 is 20.1 Å². The Kier molecular flexibility index (Phi) is 10.9. The van der Waals surface area contributed by atoms with Crippen molar-refractivity contribution in [2.45, 2.75) is 32.7 Å². The van der Waals surface area contributed by atoms with E-state index in [1.807, 2.05) is 13.1 Å². The summed E-state index contributed by atoms with van der Waals surface area (Å²) in [7, 11) is 1.82. The number of rotatable bonds is 11. The maximum absolute atomic E-state index is 5.74. The normalized spacial score (nSPS) is 16.9. The Morgan fingerprint density at radius 3 is 2.57 bits per heavy atom. The van der Waals surface area contributed by atoms with E-state index in [1.54, 1.807) is 0 Å². The number of morpholine rings is 1. The van der Waals surface area contributed by atoms with Gasteiger partial charge in [-0.3, -0.25) is 9.89 Å². The van der Waals surface area contributed by atoms with Gasteiger partial charge in [0, 0.05) is 45.9 Å². The van der Waals surface area contributed by atoms with Crippen molar-refractivity contribution in [3.05, 3.63) is 35.9 Å². The molecular weight excluding hydrogens is 352 g/mol. The third-order valence-corrected chi connectivity index (χ3v) is 5.12. The number of nitrogens with zero attached hydrogens (tertiary/aromatic N) is 2. The lowest BCUT2D eigenvalue weighted by Crippen LogP contribution is -2.52. The molecule has 1 aromatic carbocycles. The van der Waals surface area contributed by atoms with E-state index in [1.165, 1.54) is 5.56 Å². The molecule has 0 aromatic heterocycles. The van der Waals surface area contributed by atoms with E-state index >= 15 is 0 Å². The number of ether oxygens (including phenoxy) is 2. The lowest BCUT2D eigenvalue weighted by Gasteiger charge is -2.37. The number of hydrogen-bond donors (Lipinski definition) is 2. The standard InChI is InChI=1S/C22H38N4O2/c1-19(2)21(26-12-16-28-17-13-26)18-25-22(23-3)24-11-7-14-27-15-10-20-8-5-4-6-9-20/h4-6,8-9,19,21H,7,10-18H2,1-3H3,(H2,23,24,25).